The Labute approximate surface area is 125 Å². The van der Waals surface area contributed by atoms with E-state index in [9.17, 15) is 14.4 Å². The van der Waals surface area contributed by atoms with Crippen LogP contribution in [0.15, 0.2) is 18.2 Å². The van der Waals surface area contributed by atoms with Crippen LogP contribution in [0.5, 0.6) is 5.75 Å². The maximum absolute atomic E-state index is 12.2. The van der Waals surface area contributed by atoms with Gasteiger partial charge in [-0.15, -0.1) is 0 Å². The summed E-state index contributed by atoms with van der Waals surface area (Å²) in [4.78, 5) is 34.6. The number of carboxylic acids is 1. The first-order chi connectivity index (χ1) is 9.89. The van der Waals surface area contributed by atoms with Gasteiger partial charge in [0, 0.05) is 17.0 Å². The molecule has 0 saturated carbocycles. The summed E-state index contributed by atoms with van der Waals surface area (Å²) < 4.78 is 5.19. The van der Waals surface area contributed by atoms with E-state index in [1.807, 2.05) is 0 Å². The molecule has 1 fully saturated rings. The average molecular weight is 313 g/mol. The Morgan fingerprint density at radius 1 is 1.43 bits per heavy atom. The molecular formula is C13H13ClN2O5. The van der Waals surface area contributed by atoms with Crippen molar-refractivity contribution < 1.29 is 24.2 Å². The summed E-state index contributed by atoms with van der Waals surface area (Å²) in [5, 5.41) is 13.8. The molecule has 3 N–H and O–H groups in total. The Kier molecular flexibility index (Phi) is 4.04. The minimum Gasteiger partial charge on any atom is -0.496 e. The van der Waals surface area contributed by atoms with Crippen LogP contribution in [0, 0.1) is 0 Å². The molecule has 0 bridgehead atoms. The Morgan fingerprint density at radius 3 is 2.67 bits per heavy atom. The molecule has 2 rings (SSSR count). The van der Waals surface area contributed by atoms with Crippen molar-refractivity contribution in [3.63, 3.8) is 0 Å². The number of hydrogen-bond donors (Lipinski definition) is 3. The number of urea groups is 1. The van der Waals surface area contributed by atoms with Crippen LogP contribution in [-0.2, 0) is 15.1 Å². The number of imide groups is 1. The lowest BCUT2D eigenvalue weighted by Gasteiger charge is -2.27. The van der Waals surface area contributed by atoms with Crippen molar-refractivity contribution in [2.75, 3.05) is 7.11 Å². The monoisotopic (exact) mass is 312 g/mol. The van der Waals surface area contributed by atoms with Crippen molar-refractivity contribution in [3.05, 3.63) is 28.8 Å². The second-order valence-electron chi connectivity index (χ2n) is 4.55. The zero-order valence-corrected chi connectivity index (χ0v) is 11.9. The number of amides is 3. The molecule has 0 spiro atoms. The number of carboxylic acid groups (broad SMARTS) is 1. The Balaban J connectivity index is 2.54. The summed E-state index contributed by atoms with van der Waals surface area (Å²) in [7, 11) is 1.41. The lowest BCUT2D eigenvalue weighted by Crippen LogP contribution is -2.44. The largest absolute Gasteiger partial charge is 0.496 e. The molecule has 0 aromatic heterocycles. The predicted molar refractivity (Wildman–Crippen MR) is 73.2 cm³/mol. The van der Waals surface area contributed by atoms with E-state index < -0.39 is 23.4 Å². The van der Waals surface area contributed by atoms with E-state index in [1.165, 1.54) is 13.2 Å². The molecule has 1 aliphatic rings. The summed E-state index contributed by atoms with van der Waals surface area (Å²) in [6.45, 7) is 0. The molecule has 1 heterocycles. The van der Waals surface area contributed by atoms with Gasteiger partial charge in [0.15, 0.2) is 5.54 Å². The van der Waals surface area contributed by atoms with E-state index in [4.69, 9.17) is 21.4 Å². The van der Waals surface area contributed by atoms with Crippen LogP contribution >= 0.6 is 11.6 Å². The lowest BCUT2D eigenvalue weighted by molar-refractivity contribution is -0.137. The maximum Gasteiger partial charge on any atom is 0.322 e. The summed E-state index contributed by atoms with van der Waals surface area (Å²) in [5.74, 6) is -1.37. The normalized spacial score (nSPS) is 20.9. The van der Waals surface area contributed by atoms with Crippen LogP contribution in [0.4, 0.5) is 4.79 Å². The maximum atomic E-state index is 12.2. The number of rotatable bonds is 5. The second-order valence-corrected chi connectivity index (χ2v) is 4.99. The van der Waals surface area contributed by atoms with Crippen LogP contribution in [-0.4, -0.2) is 30.1 Å². The topological polar surface area (TPSA) is 105 Å². The van der Waals surface area contributed by atoms with Crippen molar-refractivity contribution in [1.82, 2.24) is 10.6 Å². The molecule has 1 aliphatic heterocycles. The van der Waals surface area contributed by atoms with E-state index in [1.54, 1.807) is 12.1 Å². The molecule has 21 heavy (non-hydrogen) atoms. The molecule has 1 aromatic carbocycles. The van der Waals surface area contributed by atoms with Gasteiger partial charge in [-0.1, -0.05) is 11.6 Å². The zero-order chi connectivity index (χ0) is 15.6. The van der Waals surface area contributed by atoms with E-state index in [0.29, 0.717) is 16.3 Å². The molecule has 112 valence electrons. The molecule has 0 aliphatic carbocycles. The third kappa shape index (κ3) is 2.78. The van der Waals surface area contributed by atoms with Crippen molar-refractivity contribution in [1.29, 1.82) is 0 Å². The lowest BCUT2D eigenvalue weighted by atomic mass is 9.84. The Bertz CT molecular complexity index is 619. The van der Waals surface area contributed by atoms with Gasteiger partial charge in [0.2, 0.25) is 0 Å². The highest BCUT2D eigenvalue weighted by atomic mass is 35.5. The van der Waals surface area contributed by atoms with E-state index in [0.717, 1.165) is 0 Å². The van der Waals surface area contributed by atoms with E-state index in [-0.39, 0.29) is 12.8 Å². The first-order valence-electron chi connectivity index (χ1n) is 6.08. The summed E-state index contributed by atoms with van der Waals surface area (Å²) in [6, 6.07) is 3.92. The molecule has 1 atom stereocenters. The third-order valence-corrected chi connectivity index (χ3v) is 3.51. The van der Waals surface area contributed by atoms with Gasteiger partial charge >= 0.3 is 12.0 Å². The smallest absolute Gasteiger partial charge is 0.322 e. The number of methoxy groups -OCH3 is 1. The van der Waals surface area contributed by atoms with Gasteiger partial charge in [0.25, 0.3) is 5.91 Å². The number of halogens is 1. The van der Waals surface area contributed by atoms with Crippen LogP contribution in [0.1, 0.15) is 18.4 Å². The van der Waals surface area contributed by atoms with Gasteiger partial charge in [0.05, 0.1) is 7.11 Å². The highest BCUT2D eigenvalue weighted by Crippen LogP contribution is 2.37. The van der Waals surface area contributed by atoms with E-state index in [2.05, 4.69) is 10.6 Å². The fraction of sp³-hybridized carbons (Fsp3) is 0.308. The SMILES string of the molecule is COc1ccc(Cl)cc1[C@@]1(CCC(=O)O)NC(=O)NC1=O. The van der Waals surface area contributed by atoms with E-state index >= 15 is 0 Å². The zero-order valence-electron chi connectivity index (χ0n) is 11.1. The van der Waals surface area contributed by atoms with Crippen molar-refractivity contribution in [2.24, 2.45) is 0 Å². The number of nitrogens with one attached hydrogen (secondary N) is 2. The number of hydrogen-bond acceptors (Lipinski definition) is 4. The molecule has 1 saturated heterocycles. The first-order valence-corrected chi connectivity index (χ1v) is 6.46. The van der Waals surface area contributed by atoms with Crippen LogP contribution in [0.25, 0.3) is 0 Å². The molecule has 7 nitrogen and oxygen atoms in total. The number of aliphatic carboxylic acids is 1. The highest BCUT2D eigenvalue weighted by molar-refractivity contribution is 6.30. The highest BCUT2D eigenvalue weighted by Gasteiger charge is 2.49. The van der Waals surface area contributed by atoms with Gasteiger partial charge in [0.1, 0.15) is 5.75 Å². The molecule has 1 aromatic rings. The van der Waals surface area contributed by atoms with Gasteiger partial charge < -0.3 is 15.2 Å². The number of carbonyl (C=O) groups excluding carboxylic acids is 2. The van der Waals surface area contributed by atoms with Crippen LogP contribution in [0.2, 0.25) is 5.02 Å². The number of benzene rings is 1. The molecule has 0 unspecified atom stereocenters. The predicted octanol–water partition coefficient (Wildman–Crippen LogP) is 1.25. The van der Waals surface area contributed by atoms with Gasteiger partial charge in [-0.3, -0.25) is 14.9 Å². The molecule has 0 radical (unpaired) electrons. The number of ether oxygens (including phenoxy) is 1. The van der Waals surface area contributed by atoms with Crippen molar-refractivity contribution in [2.45, 2.75) is 18.4 Å². The third-order valence-electron chi connectivity index (χ3n) is 3.28. The van der Waals surface area contributed by atoms with Gasteiger partial charge in [-0.05, 0) is 24.6 Å². The van der Waals surface area contributed by atoms with Gasteiger partial charge in [-0.2, -0.15) is 0 Å². The standard InChI is InChI=1S/C13H13ClN2O5/c1-21-9-3-2-7(14)6-8(9)13(5-4-10(17)18)11(19)15-12(20)16-13/h2-3,6H,4-5H2,1H3,(H,17,18)(H2,15,16,19,20)/t13-/m1/s1. The Morgan fingerprint density at radius 2 is 2.14 bits per heavy atom. The molecule has 3 amide bonds. The fourth-order valence-corrected chi connectivity index (χ4v) is 2.47. The molecular weight excluding hydrogens is 300 g/mol. The van der Waals surface area contributed by atoms with Crippen molar-refractivity contribution in [3.8, 4) is 5.75 Å². The second kappa shape index (κ2) is 5.61. The van der Waals surface area contributed by atoms with Crippen molar-refractivity contribution >= 4 is 29.5 Å². The Hall–Kier alpha value is -2.28. The first kappa shape index (κ1) is 15.1. The van der Waals surface area contributed by atoms with Gasteiger partial charge in [-0.25, -0.2) is 4.79 Å². The fourth-order valence-electron chi connectivity index (χ4n) is 2.30. The van der Waals surface area contributed by atoms with Crippen LogP contribution in [0.3, 0.4) is 0 Å². The quantitative estimate of drug-likeness (QED) is 0.710. The number of carbonyl (C=O) groups is 3. The summed E-state index contributed by atoms with van der Waals surface area (Å²) >= 11 is 5.94. The molecule has 8 heteroatoms. The van der Waals surface area contributed by atoms with Crippen LogP contribution < -0.4 is 15.4 Å². The summed E-state index contributed by atoms with van der Waals surface area (Å²) in [5.41, 5.74) is -1.19. The summed E-state index contributed by atoms with van der Waals surface area (Å²) in [6.07, 6.45) is -0.417. The minimum absolute atomic E-state index is 0.114. The average Bonchev–Trinajstić information content (AvgIpc) is 2.71. The minimum atomic E-state index is -1.51.